The first-order valence-corrected chi connectivity index (χ1v) is 13.1. The summed E-state index contributed by atoms with van der Waals surface area (Å²) in [6.07, 6.45) is 1.85. The van der Waals surface area contributed by atoms with Crippen molar-refractivity contribution in [3.05, 3.63) is 102 Å². The van der Waals surface area contributed by atoms with Crippen LogP contribution in [0.4, 0.5) is 10.5 Å². The minimum absolute atomic E-state index is 0.167. The zero-order chi connectivity index (χ0) is 27.5. The van der Waals surface area contributed by atoms with Crippen molar-refractivity contribution in [2.45, 2.75) is 18.9 Å². The van der Waals surface area contributed by atoms with E-state index in [1.807, 2.05) is 36.4 Å². The van der Waals surface area contributed by atoms with Crippen molar-refractivity contribution in [2.24, 2.45) is 5.41 Å². The van der Waals surface area contributed by atoms with Crippen LogP contribution in [0.1, 0.15) is 34.9 Å². The molecule has 1 unspecified atom stereocenters. The zero-order valence-electron chi connectivity index (χ0n) is 21.6. The third-order valence-corrected chi connectivity index (χ3v) is 7.30. The summed E-state index contributed by atoms with van der Waals surface area (Å²) in [5.41, 5.74) is 1.81. The lowest BCUT2D eigenvalue weighted by molar-refractivity contribution is -0.161. The van der Waals surface area contributed by atoms with Crippen molar-refractivity contribution in [3.8, 4) is 5.75 Å². The second kappa shape index (κ2) is 10.8. The van der Waals surface area contributed by atoms with Gasteiger partial charge in [-0.2, -0.15) is 0 Å². The van der Waals surface area contributed by atoms with Crippen LogP contribution >= 0.6 is 0 Å². The zero-order valence-corrected chi connectivity index (χ0v) is 21.6. The Morgan fingerprint density at radius 2 is 1.75 bits per heavy atom. The van der Waals surface area contributed by atoms with E-state index in [9.17, 15) is 14.4 Å². The van der Waals surface area contributed by atoms with Crippen molar-refractivity contribution >= 4 is 34.4 Å². The molecule has 3 aromatic carbocycles. The monoisotopic (exact) mass is 537 g/mol. The fourth-order valence-corrected chi connectivity index (χ4v) is 4.83. The van der Waals surface area contributed by atoms with Gasteiger partial charge >= 0.3 is 6.09 Å². The van der Waals surface area contributed by atoms with Crippen LogP contribution in [0.5, 0.6) is 5.75 Å². The molecule has 0 bridgehead atoms. The number of Topliss-reactive ketones (excluding diaryl/α,β-unsaturated/α-hetero) is 1. The highest BCUT2D eigenvalue weighted by Crippen LogP contribution is 2.49. The highest BCUT2D eigenvalue weighted by atomic mass is 17.2. The van der Waals surface area contributed by atoms with Gasteiger partial charge < -0.3 is 10.1 Å². The Kier molecular flexibility index (Phi) is 6.88. The Balaban J connectivity index is 1.02. The van der Waals surface area contributed by atoms with E-state index in [-0.39, 0.29) is 17.8 Å². The molecule has 1 saturated carbocycles. The molecule has 40 heavy (non-hydrogen) atoms. The summed E-state index contributed by atoms with van der Waals surface area (Å²) in [7, 11) is 0. The van der Waals surface area contributed by atoms with Crippen molar-refractivity contribution in [1.82, 2.24) is 9.88 Å². The summed E-state index contributed by atoms with van der Waals surface area (Å²) >= 11 is 0. The van der Waals surface area contributed by atoms with E-state index in [0.29, 0.717) is 49.5 Å². The summed E-state index contributed by atoms with van der Waals surface area (Å²) in [5, 5.41) is 3.85. The van der Waals surface area contributed by atoms with Gasteiger partial charge in [-0.3, -0.25) is 24.4 Å². The maximum atomic E-state index is 12.9. The van der Waals surface area contributed by atoms with E-state index in [0.717, 1.165) is 16.5 Å². The minimum Gasteiger partial charge on any atom is -0.370 e. The third-order valence-electron chi connectivity index (χ3n) is 7.30. The summed E-state index contributed by atoms with van der Waals surface area (Å²) in [6.45, 7) is 1.05. The Morgan fingerprint density at radius 3 is 2.52 bits per heavy atom. The Bertz CT molecular complexity index is 1550. The molecule has 2 heterocycles. The van der Waals surface area contributed by atoms with E-state index < -0.39 is 11.5 Å². The number of hydrogen-bond donors (Lipinski definition) is 1. The predicted molar refractivity (Wildman–Crippen MR) is 147 cm³/mol. The van der Waals surface area contributed by atoms with Crippen molar-refractivity contribution in [1.29, 1.82) is 0 Å². The van der Waals surface area contributed by atoms with E-state index in [4.69, 9.17) is 14.5 Å². The number of hydrogen-bond acceptors (Lipinski definition) is 7. The van der Waals surface area contributed by atoms with Crippen LogP contribution in [0.2, 0.25) is 0 Å². The van der Waals surface area contributed by atoms with Gasteiger partial charge in [0.1, 0.15) is 11.5 Å². The number of ketones is 1. The number of aromatic nitrogens is 1. The quantitative estimate of drug-likeness (QED) is 0.147. The maximum absolute atomic E-state index is 12.9. The van der Waals surface area contributed by atoms with Crippen molar-refractivity contribution in [2.75, 3.05) is 25.0 Å². The second-order valence-corrected chi connectivity index (χ2v) is 9.95. The topological polar surface area (TPSA) is 107 Å². The van der Waals surface area contributed by atoms with E-state index >= 15 is 0 Å². The lowest BCUT2D eigenvalue weighted by atomic mass is 9.93. The predicted octanol–water partition coefficient (Wildman–Crippen LogP) is 5.34. The molecule has 1 aromatic heterocycles. The maximum Gasteiger partial charge on any atom is 0.453 e. The standard InChI is InChI=1S/C31H27N3O6/c35-28(22-5-2-1-3-6-22)31(14-15-31)29(36)33-24-10-12-25(13-11-24)39-40-30(37)34-17-18-38-27(20-34)23-9-8-21-7-4-16-32-26(21)19-23/h1-13,16,19,27H,14-15,17-18,20H2,(H,33,36). The lowest BCUT2D eigenvalue weighted by Crippen LogP contribution is -2.42. The Labute approximate surface area is 230 Å². The van der Waals surface area contributed by atoms with Gasteiger partial charge in [0.2, 0.25) is 5.91 Å². The molecule has 2 amide bonds. The van der Waals surface area contributed by atoms with Crippen molar-refractivity contribution < 1.29 is 28.9 Å². The number of ether oxygens (including phenoxy) is 1. The van der Waals surface area contributed by atoms with Gasteiger partial charge in [-0.25, -0.2) is 9.68 Å². The van der Waals surface area contributed by atoms with Gasteiger partial charge in [0.05, 0.1) is 18.7 Å². The van der Waals surface area contributed by atoms with Crippen molar-refractivity contribution in [3.63, 3.8) is 0 Å². The number of benzene rings is 3. The van der Waals surface area contributed by atoms with Crippen LogP contribution in [0.3, 0.4) is 0 Å². The van der Waals surface area contributed by atoms with Gasteiger partial charge in [-0.05, 0) is 54.8 Å². The molecule has 2 fully saturated rings. The SMILES string of the molecule is O=C(OOc1ccc(NC(=O)C2(C(=O)c3ccccc3)CC2)cc1)N1CCOC(c2ccc3cccnc3c2)C1. The van der Waals surface area contributed by atoms with E-state index in [1.54, 1.807) is 54.7 Å². The molecule has 0 radical (unpaired) electrons. The molecular formula is C31H27N3O6. The summed E-state index contributed by atoms with van der Waals surface area (Å²) in [6, 6.07) is 25.1. The Morgan fingerprint density at radius 1 is 0.950 bits per heavy atom. The van der Waals surface area contributed by atoms with Crippen LogP contribution in [-0.2, 0) is 14.4 Å². The molecule has 1 aliphatic carbocycles. The average molecular weight is 538 g/mol. The van der Waals surface area contributed by atoms with Crippen LogP contribution in [0.25, 0.3) is 10.9 Å². The van der Waals surface area contributed by atoms with Crippen LogP contribution in [0.15, 0.2) is 91.1 Å². The summed E-state index contributed by atoms with van der Waals surface area (Å²) in [4.78, 5) is 54.8. The first kappa shape index (κ1) is 25.5. The summed E-state index contributed by atoms with van der Waals surface area (Å²) in [5.74, 6) is -0.205. The number of rotatable bonds is 7. The van der Waals surface area contributed by atoms with Gasteiger partial charge in [0, 0.05) is 29.4 Å². The molecule has 2 aliphatic rings. The van der Waals surface area contributed by atoms with E-state index in [2.05, 4.69) is 10.3 Å². The number of carbonyl (C=O) groups is 3. The third kappa shape index (κ3) is 5.23. The van der Waals surface area contributed by atoms with Crippen LogP contribution in [0, 0.1) is 5.41 Å². The van der Waals surface area contributed by atoms with Gasteiger partial charge in [0.15, 0.2) is 11.5 Å². The number of nitrogens with one attached hydrogen (secondary N) is 1. The first-order chi connectivity index (χ1) is 19.5. The molecule has 1 N–H and O–H groups in total. The van der Waals surface area contributed by atoms with Crippen LogP contribution < -0.4 is 10.2 Å². The molecule has 1 saturated heterocycles. The Hall–Kier alpha value is -4.76. The number of anilines is 1. The molecule has 9 heteroatoms. The second-order valence-electron chi connectivity index (χ2n) is 9.95. The highest BCUT2D eigenvalue weighted by molar-refractivity contribution is 6.19. The molecule has 1 aliphatic heterocycles. The van der Waals surface area contributed by atoms with Gasteiger partial charge in [0.25, 0.3) is 0 Å². The lowest BCUT2D eigenvalue weighted by Gasteiger charge is -2.31. The summed E-state index contributed by atoms with van der Waals surface area (Å²) < 4.78 is 5.90. The van der Waals surface area contributed by atoms with Crippen LogP contribution in [-0.4, -0.2) is 47.4 Å². The average Bonchev–Trinajstić information content (AvgIpc) is 3.83. The normalized spacial score (nSPS) is 17.6. The van der Waals surface area contributed by atoms with Gasteiger partial charge in [-0.15, -0.1) is 0 Å². The molecule has 0 spiro atoms. The number of morpholine rings is 1. The fourth-order valence-electron chi connectivity index (χ4n) is 4.83. The molecule has 6 rings (SSSR count). The number of fused-ring (bicyclic) bond motifs is 1. The number of pyridine rings is 1. The highest BCUT2D eigenvalue weighted by Gasteiger charge is 2.56. The molecule has 1 atom stereocenters. The van der Waals surface area contributed by atoms with E-state index in [1.165, 1.54) is 4.90 Å². The smallest absolute Gasteiger partial charge is 0.370 e. The molecular weight excluding hydrogens is 510 g/mol. The first-order valence-electron chi connectivity index (χ1n) is 13.1. The fraction of sp³-hybridized carbons (Fsp3) is 0.226. The molecule has 9 nitrogen and oxygen atoms in total. The number of nitrogens with zero attached hydrogens (tertiary/aromatic N) is 2. The van der Waals surface area contributed by atoms with Gasteiger partial charge in [-0.1, -0.05) is 48.5 Å². The minimum atomic E-state index is -1.02. The molecule has 202 valence electrons. The number of amides is 2. The molecule has 4 aromatic rings. The largest absolute Gasteiger partial charge is 0.453 e. The number of carbonyl (C=O) groups excluding carboxylic acids is 3.